The molecule has 2 aromatic rings. The molecule has 0 unspecified atom stereocenters. The first-order chi connectivity index (χ1) is 12.1. The van der Waals surface area contributed by atoms with E-state index in [2.05, 4.69) is 17.4 Å². The molecule has 2 rings (SSSR count). The molecule has 0 saturated heterocycles. The standard InChI is InChI=1S/C18H20N2O4S/c1-24-17-12-15(20(22)23)9-10-16(17)19-18(21)8-5-11-25-13-14-6-3-2-4-7-14/h2-4,6-7,9-10,12H,5,8,11,13H2,1H3,(H,19,21). The molecular weight excluding hydrogens is 340 g/mol. The number of nitrogens with zero attached hydrogens (tertiary/aromatic N) is 1. The van der Waals surface area contributed by atoms with Crippen molar-refractivity contribution < 1.29 is 14.5 Å². The molecule has 1 N–H and O–H groups in total. The van der Waals surface area contributed by atoms with Crippen molar-refractivity contribution >= 4 is 29.0 Å². The smallest absolute Gasteiger partial charge is 0.273 e. The molecular formula is C18H20N2O4S. The average Bonchev–Trinajstić information content (AvgIpc) is 2.62. The third-order valence-corrected chi connectivity index (χ3v) is 4.59. The van der Waals surface area contributed by atoms with Crippen molar-refractivity contribution in [3.05, 3.63) is 64.2 Å². The molecule has 0 aliphatic rings. The number of carbonyl (C=O) groups is 1. The maximum Gasteiger partial charge on any atom is 0.273 e. The highest BCUT2D eigenvalue weighted by Gasteiger charge is 2.13. The van der Waals surface area contributed by atoms with Gasteiger partial charge < -0.3 is 10.1 Å². The van der Waals surface area contributed by atoms with Crippen molar-refractivity contribution in [2.75, 3.05) is 18.2 Å². The lowest BCUT2D eigenvalue weighted by molar-refractivity contribution is -0.384. The number of amides is 1. The van der Waals surface area contributed by atoms with E-state index in [1.165, 1.54) is 30.9 Å². The average molecular weight is 360 g/mol. The number of nitro groups is 1. The first kappa shape index (κ1) is 18.8. The summed E-state index contributed by atoms with van der Waals surface area (Å²) in [5.41, 5.74) is 1.63. The number of anilines is 1. The fraction of sp³-hybridized carbons (Fsp3) is 0.278. The van der Waals surface area contributed by atoms with Gasteiger partial charge in [-0.05, 0) is 23.8 Å². The first-order valence-electron chi connectivity index (χ1n) is 7.84. The zero-order valence-electron chi connectivity index (χ0n) is 13.9. The largest absolute Gasteiger partial charge is 0.494 e. The maximum atomic E-state index is 12.0. The van der Waals surface area contributed by atoms with Gasteiger partial charge in [0.05, 0.1) is 23.8 Å². The van der Waals surface area contributed by atoms with Crippen LogP contribution in [0.2, 0.25) is 0 Å². The predicted molar refractivity (Wildman–Crippen MR) is 100 cm³/mol. The third kappa shape index (κ3) is 6.11. The Morgan fingerprint density at radius 3 is 2.68 bits per heavy atom. The summed E-state index contributed by atoms with van der Waals surface area (Å²) in [5, 5.41) is 13.5. The zero-order chi connectivity index (χ0) is 18.1. The van der Waals surface area contributed by atoms with Crippen LogP contribution >= 0.6 is 11.8 Å². The fourth-order valence-corrected chi connectivity index (χ4v) is 3.13. The number of hydrogen-bond donors (Lipinski definition) is 1. The highest BCUT2D eigenvalue weighted by molar-refractivity contribution is 7.98. The van der Waals surface area contributed by atoms with Crippen LogP contribution < -0.4 is 10.1 Å². The van der Waals surface area contributed by atoms with Gasteiger partial charge in [0.1, 0.15) is 5.75 Å². The summed E-state index contributed by atoms with van der Waals surface area (Å²) < 4.78 is 5.11. The summed E-state index contributed by atoms with van der Waals surface area (Å²) in [6.07, 6.45) is 1.15. The summed E-state index contributed by atoms with van der Waals surface area (Å²) in [7, 11) is 1.41. The summed E-state index contributed by atoms with van der Waals surface area (Å²) in [4.78, 5) is 22.3. The normalized spacial score (nSPS) is 10.3. The number of nitro benzene ring substituents is 1. The summed E-state index contributed by atoms with van der Waals surface area (Å²) >= 11 is 1.79. The van der Waals surface area contributed by atoms with Crippen molar-refractivity contribution in [3.8, 4) is 5.75 Å². The first-order valence-corrected chi connectivity index (χ1v) is 8.99. The quantitative estimate of drug-likeness (QED) is 0.410. The van der Waals surface area contributed by atoms with E-state index in [-0.39, 0.29) is 17.3 Å². The summed E-state index contributed by atoms with van der Waals surface area (Å²) in [5.74, 6) is 1.96. The molecule has 0 heterocycles. The molecule has 132 valence electrons. The van der Waals surface area contributed by atoms with E-state index in [1.54, 1.807) is 11.8 Å². The molecule has 2 aromatic carbocycles. The molecule has 0 bridgehead atoms. The number of carbonyl (C=O) groups excluding carboxylic acids is 1. The van der Waals surface area contributed by atoms with E-state index in [0.29, 0.717) is 12.1 Å². The van der Waals surface area contributed by atoms with Crippen LogP contribution in [0.1, 0.15) is 18.4 Å². The van der Waals surface area contributed by atoms with Gasteiger partial charge in [0.2, 0.25) is 5.91 Å². The number of hydrogen-bond acceptors (Lipinski definition) is 5. The van der Waals surface area contributed by atoms with Crippen molar-refractivity contribution in [1.82, 2.24) is 0 Å². The molecule has 25 heavy (non-hydrogen) atoms. The highest BCUT2D eigenvalue weighted by atomic mass is 32.2. The number of benzene rings is 2. The second-order valence-electron chi connectivity index (χ2n) is 5.33. The molecule has 0 aliphatic carbocycles. The number of non-ortho nitro benzene ring substituents is 1. The fourth-order valence-electron chi connectivity index (χ4n) is 2.21. The Morgan fingerprint density at radius 2 is 2.00 bits per heavy atom. The van der Waals surface area contributed by atoms with Gasteiger partial charge in [-0.1, -0.05) is 30.3 Å². The molecule has 0 saturated carbocycles. The van der Waals surface area contributed by atoms with E-state index in [1.807, 2.05) is 18.2 Å². The molecule has 0 aliphatic heterocycles. The minimum atomic E-state index is -0.502. The SMILES string of the molecule is COc1cc([N+](=O)[O-])ccc1NC(=O)CCCSCc1ccccc1. The number of methoxy groups -OCH3 is 1. The Kier molecular flexibility index (Phi) is 7.28. The van der Waals surface area contributed by atoms with E-state index in [9.17, 15) is 14.9 Å². The predicted octanol–water partition coefficient (Wildman–Crippen LogP) is 4.26. The zero-order valence-corrected chi connectivity index (χ0v) is 14.8. The minimum Gasteiger partial charge on any atom is -0.494 e. The molecule has 6 nitrogen and oxygen atoms in total. The second kappa shape index (κ2) is 9.68. The topological polar surface area (TPSA) is 81.5 Å². The van der Waals surface area contributed by atoms with Crippen LogP contribution in [-0.4, -0.2) is 23.7 Å². The highest BCUT2D eigenvalue weighted by Crippen LogP contribution is 2.29. The van der Waals surface area contributed by atoms with Gasteiger partial charge >= 0.3 is 0 Å². The Balaban J connectivity index is 1.75. The second-order valence-corrected chi connectivity index (χ2v) is 6.44. The van der Waals surface area contributed by atoms with Crippen molar-refractivity contribution in [2.45, 2.75) is 18.6 Å². The van der Waals surface area contributed by atoms with E-state index in [4.69, 9.17) is 4.74 Å². The van der Waals surface area contributed by atoms with Crippen LogP contribution in [-0.2, 0) is 10.5 Å². The molecule has 0 fully saturated rings. The third-order valence-electron chi connectivity index (χ3n) is 3.47. The van der Waals surface area contributed by atoms with Crippen molar-refractivity contribution in [1.29, 1.82) is 0 Å². The van der Waals surface area contributed by atoms with Gasteiger partial charge in [-0.15, -0.1) is 0 Å². The molecule has 7 heteroatoms. The van der Waals surface area contributed by atoms with Gasteiger partial charge in [-0.25, -0.2) is 0 Å². The van der Waals surface area contributed by atoms with Crippen LogP contribution in [0.15, 0.2) is 48.5 Å². The number of thioether (sulfide) groups is 1. The maximum absolute atomic E-state index is 12.0. The lowest BCUT2D eigenvalue weighted by atomic mass is 10.2. The number of ether oxygens (including phenoxy) is 1. The monoisotopic (exact) mass is 360 g/mol. The lowest BCUT2D eigenvalue weighted by Crippen LogP contribution is -2.12. The number of nitrogens with one attached hydrogen (secondary N) is 1. The van der Waals surface area contributed by atoms with Crippen LogP contribution in [0.5, 0.6) is 5.75 Å². The lowest BCUT2D eigenvalue weighted by Gasteiger charge is -2.10. The summed E-state index contributed by atoms with van der Waals surface area (Å²) in [6, 6.07) is 14.3. The van der Waals surface area contributed by atoms with E-state index >= 15 is 0 Å². The Bertz CT molecular complexity index is 722. The van der Waals surface area contributed by atoms with Crippen LogP contribution in [0.4, 0.5) is 11.4 Å². The van der Waals surface area contributed by atoms with Gasteiger partial charge in [0, 0.05) is 18.2 Å². The molecule has 0 spiro atoms. The molecule has 0 aromatic heterocycles. The Hall–Kier alpha value is -2.54. The van der Waals surface area contributed by atoms with E-state index in [0.717, 1.165) is 17.9 Å². The van der Waals surface area contributed by atoms with Crippen LogP contribution in [0, 0.1) is 10.1 Å². The van der Waals surface area contributed by atoms with Crippen molar-refractivity contribution in [3.63, 3.8) is 0 Å². The number of rotatable bonds is 9. The van der Waals surface area contributed by atoms with Gasteiger partial charge in [-0.3, -0.25) is 14.9 Å². The Labute approximate surface area is 150 Å². The van der Waals surface area contributed by atoms with Crippen LogP contribution in [0.25, 0.3) is 0 Å². The van der Waals surface area contributed by atoms with Gasteiger partial charge in [0.25, 0.3) is 5.69 Å². The molecule has 0 radical (unpaired) electrons. The van der Waals surface area contributed by atoms with E-state index < -0.39 is 4.92 Å². The van der Waals surface area contributed by atoms with Gasteiger partial charge in [-0.2, -0.15) is 11.8 Å². The van der Waals surface area contributed by atoms with Crippen molar-refractivity contribution in [2.24, 2.45) is 0 Å². The van der Waals surface area contributed by atoms with Crippen LogP contribution in [0.3, 0.4) is 0 Å². The molecule has 0 atom stereocenters. The minimum absolute atomic E-state index is 0.0767. The van der Waals surface area contributed by atoms with Gasteiger partial charge in [0.15, 0.2) is 0 Å². The molecule has 1 amide bonds. The summed E-state index contributed by atoms with van der Waals surface area (Å²) in [6.45, 7) is 0. The Morgan fingerprint density at radius 1 is 1.24 bits per heavy atom.